The summed E-state index contributed by atoms with van der Waals surface area (Å²) in [6.07, 6.45) is 5.17. The molecule has 1 amide bonds. The molecule has 172 valence electrons. The van der Waals surface area contributed by atoms with E-state index in [1.54, 1.807) is 12.1 Å². The molecule has 4 fully saturated rings. The van der Waals surface area contributed by atoms with Gasteiger partial charge in [0, 0.05) is 43.8 Å². The Morgan fingerprint density at radius 3 is 2.44 bits per heavy atom. The third-order valence-corrected chi connectivity index (χ3v) is 10.2. The van der Waals surface area contributed by atoms with Crippen molar-refractivity contribution in [2.75, 3.05) is 31.1 Å². The number of carbonyl (C=O) groups is 1. The molecule has 1 aromatic rings. The quantitative estimate of drug-likeness (QED) is 0.678. The van der Waals surface area contributed by atoms with Crippen LogP contribution in [0, 0.1) is 17.2 Å². The monoisotopic (exact) mass is 476 g/mol. The van der Waals surface area contributed by atoms with Crippen LogP contribution in [0.15, 0.2) is 23.1 Å². The summed E-state index contributed by atoms with van der Waals surface area (Å²) >= 11 is 6.48. The van der Waals surface area contributed by atoms with E-state index in [-0.39, 0.29) is 28.2 Å². The van der Waals surface area contributed by atoms with Crippen molar-refractivity contribution in [2.24, 2.45) is 5.92 Å². The first-order valence-corrected chi connectivity index (χ1v) is 13.5. The molecule has 3 aliphatic carbocycles. The fourth-order valence-electron chi connectivity index (χ4n) is 5.07. The molecule has 32 heavy (non-hydrogen) atoms. The number of sulfone groups is 1. The highest BCUT2D eigenvalue weighted by molar-refractivity contribution is 7.92. The summed E-state index contributed by atoms with van der Waals surface area (Å²) in [5, 5.41) is 11.6. The molecular formula is C23H29ClN4O3S. The zero-order valence-corrected chi connectivity index (χ0v) is 19.7. The van der Waals surface area contributed by atoms with Crippen molar-refractivity contribution < 1.29 is 13.2 Å². The largest absolute Gasteiger partial charge is 0.369 e. The van der Waals surface area contributed by atoms with Crippen LogP contribution in [-0.2, 0) is 14.6 Å². The van der Waals surface area contributed by atoms with Gasteiger partial charge in [-0.3, -0.25) is 9.69 Å². The first-order chi connectivity index (χ1) is 15.3. The highest BCUT2D eigenvalue weighted by atomic mass is 35.5. The van der Waals surface area contributed by atoms with Gasteiger partial charge in [-0.2, -0.15) is 5.26 Å². The number of carbonyl (C=O) groups excluding carboxylic acids is 1. The van der Waals surface area contributed by atoms with Crippen LogP contribution in [0.3, 0.4) is 0 Å². The molecule has 0 radical (unpaired) electrons. The predicted octanol–water partition coefficient (Wildman–Crippen LogP) is 2.74. The minimum Gasteiger partial charge on any atom is -0.369 e. The molecule has 1 saturated heterocycles. The Morgan fingerprint density at radius 1 is 1.12 bits per heavy atom. The van der Waals surface area contributed by atoms with Crippen molar-refractivity contribution in [2.45, 2.75) is 66.7 Å². The molecule has 2 atom stereocenters. The molecule has 0 unspecified atom stereocenters. The number of rotatable bonds is 6. The molecule has 1 aliphatic heterocycles. The topological polar surface area (TPSA) is 93.5 Å². The van der Waals surface area contributed by atoms with Gasteiger partial charge >= 0.3 is 0 Å². The summed E-state index contributed by atoms with van der Waals surface area (Å²) in [5.74, 6) is -0.574. The van der Waals surface area contributed by atoms with E-state index in [9.17, 15) is 18.5 Å². The maximum Gasteiger partial charge on any atom is 0.224 e. The molecule has 0 aromatic heterocycles. The van der Waals surface area contributed by atoms with Crippen LogP contribution in [0.2, 0.25) is 5.02 Å². The summed E-state index contributed by atoms with van der Waals surface area (Å²) in [7, 11) is -3.63. The first kappa shape index (κ1) is 22.0. The molecule has 3 saturated carbocycles. The van der Waals surface area contributed by atoms with Gasteiger partial charge in [0.2, 0.25) is 5.91 Å². The van der Waals surface area contributed by atoms with Crippen LogP contribution >= 0.6 is 11.6 Å². The van der Waals surface area contributed by atoms with Gasteiger partial charge in [0.05, 0.1) is 21.2 Å². The van der Waals surface area contributed by atoms with Gasteiger partial charge in [0.25, 0.3) is 0 Å². The number of anilines is 1. The summed E-state index contributed by atoms with van der Waals surface area (Å²) < 4.78 is 26.6. The average Bonchev–Trinajstić information content (AvgIpc) is 3.72. The zero-order valence-electron chi connectivity index (χ0n) is 18.1. The number of halogens is 1. The van der Waals surface area contributed by atoms with E-state index in [4.69, 9.17) is 11.6 Å². The minimum absolute atomic E-state index is 0.154. The summed E-state index contributed by atoms with van der Waals surface area (Å²) in [6, 6.07) is 8.17. The molecule has 1 aromatic carbocycles. The van der Waals surface area contributed by atoms with Gasteiger partial charge in [-0.05, 0) is 63.1 Å². The van der Waals surface area contributed by atoms with E-state index in [0.29, 0.717) is 25.7 Å². The molecule has 1 heterocycles. The van der Waals surface area contributed by atoms with E-state index >= 15 is 0 Å². The third-order valence-electron chi connectivity index (χ3n) is 7.49. The highest BCUT2D eigenvalue weighted by Crippen LogP contribution is 2.39. The number of piperazine rings is 1. The molecule has 7 nitrogen and oxygen atoms in total. The van der Waals surface area contributed by atoms with E-state index in [0.717, 1.165) is 37.9 Å². The van der Waals surface area contributed by atoms with Crippen molar-refractivity contribution in [1.29, 1.82) is 5.26 Å². The zero-order chi connectivity index (χ0) is 22.5. The Kier molecular flexibility index (Phi) is 5.63. The number of hydrogen-bond acceptors (Lipinski definition) is 6. The Bertz CT molecular complexity index is 1050. The fraction of sp³-hybridized carbons (Fsp3) is 0.652. The molecule has 9 heteroatoms. The average molecular weight is 477 g/mol. The van der Waals surface area contributed by atoms with Crippen LogP contribution in [-0.4, -0.2) is 62.2 Å². The molecule has 5 rings (SSSR count). The number of nitrogens with one attached hydrogen (secondary N) is 1. The number of benzene rings is 1. The Labute approximate surface area is 194 Å². The third kappa shape index (κ3) is 4.23. The maximum absolute atomic E-state index is 13.3. The fourth-order valence-corrected chi connectivity index (χ4v) is 7.45. The lowest BCUT2D eigenvalue weighted by atomic mass is 10.1. The Morgan fingerprint density at radius 2 is 1.84 bits per heavy atom. The van der Waals surface area contributed by atoms with E-state index in [1.165, 1.54) is 12.8 Å². The summed E-state index contributed by atoms with van der Waals surface area (Å²) in [4.78, 5) is 17.5. The number of amides is 1. The smallest absolute Gasteiger partial charge is 0.224 e. The highest BCUT2D eigenvalue weighted by Gasteiger charge is 2.47. The van der Waals surface area contributed by atoms with Gasteiger partial charge in [-0.1, -0.05) is 11.6 Å². The first-order valence-electron chi connectivity index (χ1n) is 11.6. The molecule has 1 N–H and O–H groups in total. The molecule has 0 bridgehead atoms. The van der Waals surface area contributed by atoms with Gasteiger partial charge in [-0.15, -0.1) is 0 Å². The lowest BCUT2D eigenvalue weighted by Crippen LogP contribution is -2.47. The van der Waals surface area contributed by atoms with Crippen LogP contribution in [0.1, 0.15) is 44.9 Å². The van der Waals surface area contributed by atoms with Gasteiger partial charge in [0.15, 0.2) is 9.84 Å². The molecular weight excluding hydrogens is 448 g/mol. The van der Waals surface area contributed by atoms with Crippen LogP contribution in [0.25, 0.3) is 0 Å². The van der Waals surface area contributed by atoms with Crippen molar-refractivity contribution in [3.63, 3.8) is 0 Å². The van der Waals surface area contributed by atoms with Crippen LogP contribution in [0.5, 0.6) is 0 Å². The van der Waals surface area contributed by atoms with E-state index in [1.807, 2.05) is 6.07 Å². The van der Waals surface area contributed by atoms with E-state index in [2.05, 4.69) is 21.2 Å². The summed E-state index contributed by atoms with van der Waals surface area (Å²) in [6.45, 7) is 3.90. The van der Waals surface area contributed by atoms with Gasteiger partial charge in [-0.25, -0.2) is 8.42 Å². The number of nitriles is 1. The lowest BCUT2D eigenvalue weighted by molar-refractivity contribution is -0.125. The Balaban J connectivity index is 1.24. The second kappa shape index (κ2) is 8.19. The van der Waals surface area contributed by atoms with Crippen LogP contribution in [0.4, 0.5) is 5.69 Å². The normalized spacial score (nSPS) is 27.7. The van der Waals surface area contributed by atoms with Crippen molar-refractivity contribution >= 4 is 33.0 Å². The molecule has 4 aliphatic rings. The van der Waals surface area contributed by atoms with Gasteiger partial charge in [0.1, 0.15) is 5.54 Å². The molecule has 0 spiro atoms. The summed E-state index contributed by atoms with van der Waals surface area (Å²) in [5.41, 5.74) is 0.233. The van der Waals surface area contributed by atoms with Crippen molar-refractivity contribution in [3.8, 4) is 6.07 Å². The predicted molar refractivity (Wildman–Crippen MR) is 122 cm³/mol. The number of nitrogens with zero attached hydrogens (tertiary/aromatic N) is 3. The second-order valence-corrected chi connectivity index (χ2v) is 12.3. The lowest BCUT2D eigenvalue weighted by Gasteiger charge is -2.36. The van der Waals surface area contributed by atoms with Crippen LogP contribution < -0.4 is 10.2 Å². The van der Waals surface area contributed by atoms with Gasteiger partial charge < -0.3 is 10.2 Å². The van der Waals surface area contributed by atoms with E-state index < -0.39 is 20.6 Å². The van der Waals surface area contributed by atoms with Crippen molar-refractivity contribution in [3.05, 3.63) is 23.2 Å². The standard InChI is InChI=1S/C23H29ClN4O3S/c24-20-14-18(28-11-9-27(10-12-28)17-2-3-17)4-6-21(20)32(30,31)19-5-1-16(13-19)22(29)26-23(15-25)7-8-23/h4,6,14,16-17,19H,1-3,5,7-13H2,(H,26,29)/t16-,19-/m0/s1. The maximum atomic E-state index is 13.3. The second-order valence-electron chi connectivity index (χ2n) is 9.73. The number of hydrogen-bond donors (Lipinski definition) is 1. The van der Waals surface area contributed by atoms with Crippen molar-refractivity contribution in [1.82, 2.24) is 10.2 Å². The SMILES string of the molecule is N#CC1(NC(=O)[C@H]2CC[C@H](S(=O)(=O)c3ccc(N4CCN(C5CC5)CC4)cc3Cl)C2)CC1. The Hall–Kier alpha value is -1.82. The minimum atomic E-state index is -3.63.